The van der Waals surface area contributed by atoms with Crippen LogP contribution in [0.3, 0.4) is 0 Å². The van der Waals surface area contributed by atoms with Crippen molar-refractivity contribution in [2.24, 2.45) is 5.92 Å². The number of anilines is 1. The molecule has 1 unspecified atom stereocenters. The predicted octanol–water partition coefficient (Wildman–Crippen LogP) is 3.17. The Kier molecular flexibility index (Phi) is 3.33. The number of benzene rings is 1. The van der Waals surface area contributed by atoms with Crippen LogP contribution in [0.1, 0.15) is 18.9 Å². The molecule has 1 aliphatic rings. The Labute approximate surface area is 105 Å². The van der Waals surface area contributed by atoms with Gasteiger partial charge in [0.1, 0.15) is 5.78 Å². The molecule has 0 spiro atoms. The average Bonchev–Trinajstić information content (AvgIpc) is 2.20. The highest BCUT2D eigenvalue weighted by Crippen LogP contribution is 2.25. The summed E-state index contributed by atoms with van der Waals surface area (Å²) in [6.07, 6.45) is 0.673. The first kappa shape index (κ1) is 11.6. The number of hydrogen-bond acceptors (Lipinski definition) is 2. The van der Waals surface area contributed by atoms with Crippen LogP contribution >= 0.6 is 15.9 Å². The molecule has 1 fully saturated rings. The molecule has 0 N–H and O–H groups in total. The van der Waals surface area contributed by atoms with Crippen molar-refractivity contribution < 1.29 is 4.79 Å². The molecule has 2 rings (SSSR count). The van der Waals surface area contributed by atoms with Gasteiger partial charge in [-0.15, -0.1) is 0 Å². The highest BCUT2D eigenvalue weighted by molar-refractivity contribution is 9.10. The van der Waals surface area contributed by atoms with Crippen molar-refractivity contribution in [2.75, 3.05) is 18.0 Å². The van der Waals surface area contributed by atoms with Crippen LogP contribution in [0.4, 0.5) is 5.69 Å². The van der Waals surface area contributed by atoms with Crippen LogP contribution in [0, 0.1) is 12.8 Å². The molecule has 0 aromatic heterocycles. The van der Waals surface area contributed by atoms with Crippen LogP contribution in [-0.4, -0.2) is 18.9 Å². The Balaban J connectivity index is 2.21. The third-order valence-electron chi connectivity index (χ3n) is 3.06. The van der Waals surface area contributed by atoms with Gasteiger partial charge in [0.25, 0.3) is 0 Å². The van der Waals surface area contributed by atoms with Gasteiger partial charge in [0.05, 0.1) is 0 Å². The third kappa shape index (κ3) is 2.46. The summed E-state index contributed by atoms with van der Waals surface area (Å²) in [6, 6.07) is 6.39. The fourth-order valence-corrected chi connectivity index (χ4v) is 2.74. The van der Waals surface area contributed by atoms with E-state index < -0.39 is 0 Å². The third-order valence-corrected chi connectivity index (χ3v) is 3.52. The van der Waals surface area contributed by atoms with Gasteiger partial charge < -0.3 is 4.90 Å². The van der Waals surface area contributed by atoms with Crippen molar-refractivity contribution in [3.8, 4) is 0 Å². The Hall–Kier alpha value is -0.830. The maximum Gasteiger partial charge on any atom is 0.139 e. The molecule has 1 heterocycles. The Morgan fingerprint density at radius 2 is 2.12 bits per heavy atom. The van der Waals surface area contributed by atoms with Gasteiger partial charge in [-0.25, -0.2) is 0 Å². The van der Waals surface area contributed by atoms with Gasteiger partial charge in [0, 0.05) is 35.6 Å². The number of halogens is 1. The van der Waals surface area contributed by atoms with E-state index in [1.54, 1.807) is 0 Å². The van der Waals surface area contributed by atoms with Crippen molar-refractivity contribution >= 4 is 27.4 Å². The number of rotatable bonds is 1. The Morgan fingerprint density at radius 1 is 1.38 bits per heavy atom. The fraction of sp³-hybridized carbons (Fsp3) is 0.462. The van der Waals surface area contributed by atoms with E-state index in [4.69, 9.17) is 0 Å². The monoisotopic (exact) mass is 281 g/mol. The van der Waals surface area contributed by atoms with Crippen LogP contribution in [0.15, 0.2) is 22.7 Å². The topological polar surface area (TPSA) is 20.3 Å². The fourth-order valence-electron chi connectivity index (χ4n) is 2.15. The van der Waals surface area contributed by atoms with Crippen molar-refractivity contribution in [3.05, 3.63) is 28.2 Å². The number of piperidine rings is 1. The number of carbonyl (C=O) groups is 1. The standard InChI is InChI=1S/C13H16BrNO/c1-9-5-11(14)7-12(6-9)15-4-3-13(16)10(2)8-15/h5-7,10H,3-4,8H2,1-2H3. The lowest BCUT2D eigenvalue weighted by atomic mass is 9.98. The molecule has 0 amide bonds. The molecule has 1 saturated heterocycles. The molecule has 1 aromatic carbocycles. The lowest BCUT2D eigenvalue weighted by molar-refractivity contribution is -0.122. The second kappa shape index (κ2) is 4.58. The summed E-state index contributed by atoms with van der Waals surface area (Å²) in [6.45, 7) is 5.79. The summed E-state index contributed by atoms with van der Waals surface area (Å²) < 4.78 is 1.10. The Bertz CT molecular complexity index is 396. The maximum absolute atomic E-state index is 11.5. The molecule has 2 nitrogen and oxygen atoms in total. The summed E-state index contributed by atoms with van der Waals surface area (Å²) >= 11 is 3.51. The summed E-state index contributed by atoms with van der Waals surface area (Å²) in [5.74, 6) is 0.552. The SMILES string of the molecule is Cc1cc(Br)cc(N2CCC(=O)C(C)C2)c1. The van der Waals surface area contributed by atoms with Crippen LogP contribution in [0.2, 0.25) is 0 Å². The smallest absolute Gasteiger partial charge is 0.139 e. The zero-order valence-corrected chi connectivity index (χ0v) is 11.3. The Morgan fingerprint density at radius 3 is 2.75 bits per heavy atom. The van der Waals surface area contributed by atoms with E-state index in [1.807, 2.05) is 6.92 Å². The molecule has 16 heavy (non-hydrogen) atoms. The summed E-state index contributed by atoms with van der Waals surface area (Å²) in [4.78, 5) is 13.8. The van der Waals surface area contributed by atoms with Gasteiger partial charge in [0.15, 0.2) is 0 Å². The number of Topliss-reactive ketones (excluding diaryl/α,β-unsaturated/α-hetero) is 1. The van der Waals surface area contributed by atoms with Gasteiger partial charge in [0.2, 0.25) is 0 Å². The van der Waals surface area contributed by atoms with Gasteiger partial charge >= 0.3 is 0 Å². The molecule has 0 radical (unpaired) electrons. The van der Waals surface area contributed by atoms with Crippen molar-refractivity contribution in [1.29, 1.82) is 0 Å². The lowest BCUT2D eigenvalue weighted by Gasteiger charge is -2.32. The molecule has 3 heteroatoms. The van der Waals surface area contributed by atoms with Gasteiger partial charge in [-0.3, -0.25) is 4.79 Å². The minimum Gasteiger partial charge on any atom is -0.370 e. The summed E-state index contributed by atoms with van der Waals surface area (Å²) in [5, 5.41) is 0. The summed E-state index contributed by atoms with van der Waals surface area (Å²) in [5.41, 5.74) is 2.46. The molecule has 1 aliphatic heterocycles. The van der Waals surface area contributed by atoms with E-state index in [1.165, 1.54) is 11.3 Å². The maximum atomic E-state index is 11.5. The van der Waals surface area contributed by atoms with E-state index in [0.717, 1.165) is 17.6 Å². The quantitative estimate of drug-likeness (QED) is 0.788. The molecule has 1 atom stereocenters. The zero-order valence-electron chi connectivity index (χ0n) is 9.66. The minimum atomic E-state index is 0.160. The molecule has 0 aliphatic carbocycles. The highest BCUT2D eigenvalue weighted by Gasteiger charge is 2.23. The summed E-state index contributed by atoms with van der Waals surface area (Å²) in [7, 11) is 0. The second-order valence-electron chi connectivity index (χ2n) is 4.55. The molecule has 1 aromatic rings. The first-order valence-corrected chi connectivity index (χ1v) is 6.40. The number of nitrogens with zero attached hydrogens (tertiary/aromatic N) is 1. The van der Waals surface area contributed by atoms with Crippen molar-refractivity contribution in [3.63, 3.8) is 0 Å². The van der Waals surface area contributed by atoms with E-state index in [2.05, 4.69) is 46.0 Å². The molecule has 0 bridgehead atoms. The molecular formula is C13H16BrNO. The van der Waals surface area contributed by atoms with Crippen LogP contribution in [-0.2, 0) is 4.79 Å². The van der Waals surface area contributed by atoms with E-state index in [9.17, 15) is 4.79 Å². The second-order valence-corrected chi connectivity index (χ2v) is 5.47. The molecule has 0 saturated carbocycles. The lowest BCUT2D eigenvalue weighted by Crippen LogP contribution is -2.39. The largest absolute Gasteiger partial charge is 0.370 e. The number of ketones is 1. The minimum absolute atomic E-state index is 0.160. The van der Waals surface area contributed by atoms with E-state index in [0.29, 0.717) is 12.2 Å². The number of aryl methyl sites for hydroxylation is 1. The van der Waals surface area contributed by atoms with Gasteiger partial charge in [-0.2, -0.15) is 0 Å². The van der Waals surface area contributed by atoms with Crippen molar-refractivity contribution in [2.45, 2.75) is 20.3 Å². The number of hydrogen-bond donors (Lipinski definition) is 0. The first-order valence-electron chi connectivity index (χ1n) is 5.61. The van der Waals surface area contributed by atoms with Crippen LogP contribution < -0.4 is 4.90 Å². The normalized spacial score (nSPS) is 21.3. The first-order chi connectivity index (χ1) is 7.56. The van der Waals surface area contributed by atoms with E-state index in [-0.39, 0.29) is 5.92 Å². The van der Waals surface area contributed by atoms with Crippen LogP contribution in [0.5, 0.6) is 0 Å². The van der Waals surface area contributed by atoms with Gasteiger partial charge in [-0.1, -0.05) is 22.9 Å². The molecular weight excluding hydrogens is 266 g/mol. The average molecular weight is 282 g/mol. The predicted molar refractivity (Wildman–Crippen MR) is 69.9 cm³/mol. The molecule has 86 valence electrons. The van der Waals surface area contributed by atoms with E-state index >= 15 is 0 Å². The van der Waals surface area contributed by atoms with Crippen LogP contribution in [0.25, 0.3) is 0 Å². The number of carbonyl (C=O) groups excluding carboxylic acids is 1. The van der Waals surface area contributed by atoms with Gasteiger partial charge in [-0.05, 0) is 30.7 Å². The zero-order chi connectivity index (χ0) is 11.7. The van der Waals surface area contributed by atoms with Crippen molar-refractivity contribution in [1.82, 2.24) is 0 Å². The highest BCUT2D eigenvalue weighted by atomic mass is 79.9.